The standard InChI is InChI=1S/C15H22ClNO/c1-12(2)17-11-10-15(8-3-9-15)18-14-6-4-13(16)5-7-14/h4-7,12,17H,3,8-11H2,1-2H3. The molecule has 0 atom stereocenters. The van der Waals surface area contributed by atoms with E-state index in [1.807, 2.05) is 24.3 Å². The molecule has 100 valence electrons. The van der Waals surface area contributed by atoms with Gasteiger partial charge >= 0.3 is 0 Å². The zero-order chi connectivity index (χ0) is 13.0. The third-order valence-corrected chi connectivity index (χ3v) is 3.80. The minimum Gasteiger partial charge on any atom is -0.487 e. The van der Waals surface area contributed by atoms with E-state index in [0.717, 1.165) is 36.6 Å². The molecule has 1 aliphatic carbocycles. The van der Waals surface area contributed by atoms with Crippen LogP contribution < -0.4 is 10.1 Å². The first-order valence-corrected chi connectivity index (χ1v) is 7.15. The van der Waals surface area contributed by atoms with Gasteiger partial charge in [0, 0.05) is 11.1 Å². The summed E-state index contributed by atoms with van der Waals surface area (Å²) < 4.78 is 6.18. The summed E-state index contributed by atoms with van der Waals surface area (Å²) in [7, 11) is 0. The molecule has 1 N–H and O–H groups in total. The summed E-state index contributed by atoms with van der Waals surface area (Å²) in [6, 6.07) is 8.22. The van der Waals surface area contributed by atoms with Gasteiger partial charge in [-0.2, -0.15) is 0 Å². The molecular weight excluding hydrogens is 246 g/mol. The van der Waals surface area contributed by atoms with Crippen LogP contribution in [0.3, 0.4) is 0 Å². The normalized spacial score (nSPS) is 17.6. The summed E-state index contributed by atoms with van der Waals surface area (Å²) in [6.45, 7) is 5.37. The van der Waals surface area contributed by atoms with Crippen LogP contribution in [0.4, 0.5) is 0 Å². The molecule has 2 rings (SSSR count). The number of nitrogens with one attached hydrogen (secondary N) is 1. The van der Waals surface area contributed by atoms with Crippen molar-refractivity contribution in [1.82, 2.24) is 5.32 Å². The highest BCUT2D eigenvalue weighted by molar-refractivity contribution is 6.30. The number of hydrogen-bond acceptors (Lipinski definition) is 2. The lowest BCUT2D eigenvalue weighted by atomic mass is 9.77. The maximum Gasteiger partial charge on any atom is 0.120 e. The van der Waals surface area contributed by atoms with E-state index in [0.29, 0.717) is 6.04 Å². The van der Waals surface area contributed by atoms with Crippen LogP contribution in [0.1, 0.15) is 39.5 Å². The van der Waals surface area contributed by atoms with Crippen LogP contribution in [-0.2, 0) is 0 Å². The SMILES string of the molecule is CC(C)NCCC1(Oc2ccc(Cl)cc2)CCC1. The van der Waals surface area contributed by atoms with E-state index in [2.05, 4.69) is 19.2 Å². The highest BCUT2D eigenvalue weighted by Gasteiger charge is 2.38. The van der Waals surface area contributed by atoms with Gasteiger partial charge in [0.05, 0.1) is 0 Å². The summed E-state index contributed by atoms with van der Waals surface area (Å²) in [5.74, 6) is 0.934. The summed E-state index contributed by atoms with van der Waals surface area (Å²) >= 11 is 5.88. The molecule has 18 heavy (non-hydrogen) atoms. The lowest BCUT2D eigenvalue weighted by Crippen LogP contribution is -2.45. The van der Waals surface area contributed by atoms with Crippen molar-refractivity contribution < 1.29 is 4.74 Å². The highest BCUT2D eigenvalue weighted by atomic mass is 35.5. The fraction of sp³-hybridized carbons (Fsp3) is 0.600. The van der Waals surface area contributed by atoms with Gasteiger partial charge in [0.25, 0.3) is 0 Å². The molecule has 1 aliphatic rings. The van der Waals surface area contributed by atoms with E-state index in [1.54, 1.807) is 0 Å². The molecule has 0 spiro atoms. The van der Waals surface area contributed by atoms with Crippen molar-refractivity contribution in [2.75, 3.05) is 6.54 Å². The Morgan fingerprint density at radius 1 is 1.28 bits per heavy atom. The quantitative estimate of drug-likeness (QED) is 0.840. The fourth-order valence-electron chi connectivity index (χ4n) is 2.32. The Balaban J connectivity index is 1.89. The van der Waals surface area contributed by atoms with Crippen molar-refractivity contribution >= 4 is 11.6 Å². The zero-order valence-electron chi connectivity index (χ0n) is 11.2. The van der Waals surface area contributed by atoms with Gasteiger partial charge in [0.1, 0.15) is 11.4 Å². The summed E-state index contributed by atoms with van der Waals surface area (Å²) in [4.78, 5) is 0. The van der Waals surface area contributed by atoms with Crippen LogP contribution in [0.2, 0.25) is 5.02 Å². The van der Waals surface area contributed by atoms with E-state index in [9.17, 15) is 0 Å². The second kappa shape index (κ2) is 5.94. The Morgan fingerprint density at radius 2 is 1.94 bits per heavy atom. The van der Waals surface area contributed by atoms with Gasteiger partial charge in [0.15, 0.2) is 0 Å². The van der Waals surface area contributed by atoms with Gasteiger partial charge < -0.3 is 10.1 Å². The Kier molecular flexibility index (Phi) is 4.52. The predicted octanol–water partition coefficient (Wildman–Crippen LogP) is 4.03. The second-order valence-corrected chi connectivity index (χ2v) is 5.89. The van der Waals surface area contributed by atoms with Gasteiger partial charge in [-0.1, -0.05) is 25.4 Å². The van der Waals surface area contributed by atoms with E-state index in [4.69, 9.17) is 16.3 Å². The van der Waals surface area contributed by atoms with E-state index in [1.165, 1.54) is 6.42 Å². The largest absolute Gasteiger partial charge is 0.487 e. The van der Waals surface area contributed by atoms with Crippen molar-refractivity contribution in [3.8, 4) is 5.75 Å². The maximum atomic E-state index is 6.18. The van der Waals surface area contributed by atoms with Gasteiger partial charge in [-0.25, -0.2) is 0 Å². The molecule has 0 amide bonds. The van der Waals surface area contributed by atoms with Crippen LogP contribution in [-0.4, -0.2) is 18.2 Å². The smallest absolute Gasteiger partial charge is 0.120 e. The molecule has 0 aliphatic heterocycles. The monoisotopic (exact) mass is 267 g/mol. The molecule has 0 bridgehead atoms. The van der Waals surface area contributed by atoms with E-state index < -0.39 is 0 Å². The molecular formula is C15H22ClNO. The lowest BCUT2D eigenvalue weighted by Gasteiger charge is -2.42. The van der Waals surface area contributed by atoms with Crippen molar-refractivity contribution in [1.29, 1.82) is 0 Å². The number of hydrogen-bond donors (Lipinski definition) is 1. The minimum atomic E-state index is 0.0513. The van der Waals surface area contributed by atoms with Gasteiger partial charge in [-0.3, -0.25) is 0 Å². The fourth-order valence-corrected chi connectivity index (χ4v) is 2.44. The minimum absolute atomic E-state index is 0.0513. The average molecular weight is 268 g/mol. The Bertz CT molecular complexity index is 371. The van der Waals surface area contributed by atoms with Gasteiger partial charge in [0.2, 0.25) is 0 Å². The van der Waals surface area contributed by atoms with Crippen LogP contribution in [0, 0.1) is 0 Å². The molecule has 1 aromatic rings. The molecule has 0 unspecified atom stereocenters. The lowest BCUT2D eigenvalue weighted by molar-refractivity contribution is -0.0145. The maximum absolute atomic E-state index is 6.18. The van der Waals surface area contributed by atoms with E-state index in [-0.39, 0.29) is 5.60 Å². The third kappa shape index (κ3) is 3.63. The van der Waals surface area contributed by atoms with Crippen molar-refractivity contribution in [2.45, 2.75) is 51.2 Å². The van der Waals surface area contributed by atoms with Crippen LogP contribution >= 0.6 is 11.6 Å². The van der Waals surface area contributed by atoms with Gasteiger partial charge in [-0.05, 0) is 56.5 Å². The van der Waals surface area contributed by atoms with Crippen LogP contribution in [0.25, 0.3) is 0 Å². The van der Waals surface area contributed by atoms with Crippen LogP contribution in [0.15, 0.2) is 24.3 Å². The van der Waals surface area contributed by atoms with Crippen molar-refractivity contribution in [3.63, 3.8) is 0 Å². The summed E-state index contributed by atoms with van der Waals surface area (Å²) in [5, 5.41) is 4.22. The number of ether oxygens (including phenoxy) is 1. The first kappa shape index (κ1) is 13.7. The molecule has 3 heteroatoms. The Morgan fingerprint density at radius 3 is 2.44 bits per heavy atom. The average Bonchev–Trinajstić information content (AvgIpc) is 2.28. The number of halogens is 1. The number of benzene rings is 1. The molecule has 0 aromatic heterocycles. The Hall–Kier alpha value is -0.730. The molecule has 1 fully saturated rings. The van der Waals surface area contributed by atoms with E-state index >= 15 is 0 Å². The van der Waals surface area contributed by atoms with Crippen molar-refractivity contribution in [2.24, 2.45) is 0 Å². The summed E-state index contributed by atoms with van der Waals surface area (Å²) in [5.41, 5.74) is 0.0513. The third-order valence-electron chi connectivity index (χ3n) is 3.55. The zero-order valence-corrected chi connectivity index (χ0v) is 12.0. The van der Waals surface area contributed by atoms with Crippen molar-refractivity contribution in [3.05, 3.63) is 29.3 Å². The first-order chi connectivity index (χ1) is 8.60. The first-order valence-electron chi connectivity index (χ1n) is 6.78. The molecule has 1 aromatic carbocycles. The van der Waals surface area contributed by atoms with Crippen LogP contribution in [0.5, 0.6) is 5.75 Å². The number of rotatable bonds is 6. The molecule has 0 heterocycles. The molecule has 2 nitrogen and oxygen atoms in total. The molecule has 0 saturated heterocycles. The predicted molar refractivity (Wildman–Crippen MR) is 76.4 cm³/mol. The summed E-state index contributed by atoms with van der Waals surface area (Å²) in [6.07, 6.45) is 4.67. The molecule has 0 radical (unpaired) electrons. The topological polar surface area (TPSA) is 21.3 Å². The van der Waals surface area contributed by atoms with Gasteiger partial charge in [-0.15, -0.1) is 0 Å². The molecule has 1 saturated carbocycles. The highest BCUT2D eigenvalue weighted by Crippen LogP contribution is 2.39. The second-order valence-electron chi connectivity index (χ2n) is 5.45. The Labute approximate surface area is 115 Å².